The lowest BCUT2D eigenvalue weighted by Gasteiger charge is -2.03. The van der Waals surface area contributed by atoms with Gasteiger partial charge in [0.25, 0.3) is 0 Å². The van der Waals surface area contributed by atoms with E-state index in [-0.39, 0.29) is 0 Å². The average Bonchev–Trinajstić information content (AvgIpc) is 2.57. The molecule has 0 saturated heterocycles. The third-order valence-electron chi connectivity index (χ3n) is 2.09. The van der Waals surface area contributed by atoms with Gasteiger partial charge in [0, 0.05) is 5.69 Å². The molecule has 4 nitrogen and oxygen atoms in total. The standard InChI is InChI=1S/C10H12N4/c1-7-5-9(3-4-10(7)11)14-12-6-8(2)13-14/h3-6H,11H2,1-2H3. The summed E-state index contributed by atoms with van der Waals surface area (Å²) >= 11 is 0. The van der Waals surface area contributed by atoms with E-state index in [1.807, 2.05) is 32.0 Å². The molecule has 0 unspecified atom stereocenters. The second-order valence-corrected chi connectivity index (χ2v) is 3.32. The zero-order valence-electron chi connectivity index (χ0n) is 8.23. The summed E-state index contributed by atoms with van der Waals surface area (Å²) < 4.78 is 0. The molecule has 0 bridgehead atoms. The Bertz CT molecular complexity index is 459. The number of nitrogen functional groups attached to an aromatic ring is 1. The summed E-state index contributed by atoms with van der Waals surface area (Å²) in [5.74, 6) is 0. The summed E-state index contributed by atoms with van der Waals surface area (Å²) in [4.78, 5) is 1.60. The SMILES string of the molecule is Cc1cnn(-c2ccc(N)c(C)c2)n1. The Kier molecular flexibility index (Phi) is 1.96. The molecule has 72 valence electrons. The van der Waals surface area contributed by atoms with Gasteiger partial charge in [-0.1, -0.05) is 0 Å². The van der Waals surface area contributed by atoms with E-state index >= 15 is 0 Å². The van der Waals surface area contributed by atoms with Crippen LogP contribution in [-0.4, -0.2) is 15.0 Å². The van der Waals surface area contributed by atoms with Crippen LogP contribution in [0.25, 0.3) is 5.69 Å². The average molecular weight is 188 g/mol. The molecule has 2 N–H and O–H groups in total. The zero-order valence-corrected chi connectivity index (χ0v) is 8.23. The molecule has 0 aliphatic rings. The lowest BCUT2D eigenvalue weighted by Crippen LogP contribution is -2.00. The second kappa shape index (κ2) is 3.14. The number of nitrogens with two attached hydrogens (primary N) is 1. The Labute approximate surface area is 82.4 Å². The van der Waals surface area contributed by atoms with Gasteiger partial charge in [-0.3, -0.25) is 0 Å². The molecule has 0 spiro atoms. The molecule has 4 heteroatoms. The lowest BCUT2D eigenvalue weighted by molar-refractivity contribution is 0.745. The van der Waals surface area contributed by atoms with Crippen molar-refractivity contribution >= 4 is 5.69 Å². The highest BCUT2D eigenvalue weighted by Gasteiger charge is 2.01. The molecule has 0 atom stereocenters. The van der Waals surface area contributed by atoms with Gasteiger partial charge in [0.05, 0.1) is 17.6 Å². The fourth-order valence-corrected chi connectivity index (χ4v) is 1.25. The molecule has 1 heterocycles. The minimum Gasteiger partial charge on any atom is -0.399 e. The van der Waals surface area contributed by atoms with E-state index in [9.17, 15) is 0 Å². The maximum absolute atomic E-state index is 5.72. The molecule has 0 radical (unpaired) electrons. The summed E-state index contributed by atoms with van der Waals surface area (Å²) in [5.41, 5.74) is 9.39. The van der Waals surface area contributed by atoms with Crippen molar-refractivity contribution in [1.29, 1.82) is 0 Å². The molecule has 0 aliphatic carbocycles. The number of aromatic nitrogens is 3. The van der Waals surface area contributed by atoms with E-state index in [0.717, 1.165) is 22.6 Å². The molecule has 0 aliphatic heterocycles. The monoisotopic (exact) mass is 188 g/mol. The number of benzene rings is 1. The van der Waals surface area contributed by atoms with Gasteiger partial charge in [-0.05, 0) is 37.6 Å². The Morgan fingerprint density at radius 3 is 2.64 bits per heavy atom. The van der Waals surface area contributed by atoms with Crippen molar-refractivity contribution in [3.8, 4) is 5.69 Å². The Balaban J connectivity index is 2.47. The van der Waals surface area contributed by atoms with Crippen molar-refractivity contribution < 1.29 is 0 Å². The highest BCUT2D eigenvalue weighted by Crippen LogP contribution is 2.14. The molecule has 14 heavy (non-hydrogen) atoms. The normalized spacial score (nSPS) is 10.4. The van der Waals surface area contributed by atoms with Gasteiger partial charge in [0.1, 0.15) is 0 Å². The summed E-state index contributed by atoms with van der Waals surface area (Å²) in [5, 5.41) is 8.34. The van der Waals surface area contributed by atoms with E-state index in [4.69, 9.17) is 5.73 Å². The van der Waals surface area contributed by atoms with Crippen LogP contribution in [0.2, 0.25) is 0 Å². The van der Waals surface area contributed by atoms with E-state index in [1.165, 1.54) is 0 Å². The summed E-state index contributed by atoms with van der Waals surface area (Å²) in [7, 11) is 0. The van der Waals surface area contributed by atoms with Gasteiger partial charge < -0.3 is 5.73 Å². The third kappa shape index (κ3) is 1.46. The lowest BCUT2D eigenvalue weighted by atomic mass is 10.2. The molecule has 0 amide bonds. The first-order valence-corrected chi connectivity index (χ1v) is 4.42. The van der Waals surface area contributed by atoms with Gasteiger partial charge >= 0.3 is 0 Å². The zero-order chi connectivity index (χ0) is 10.1. The summed E-state index contributed by atoms with van der Waals surface area (Å²) in [6.45, 7) is 3.88. The highest BCUT2D eigenvalue weighted by molar-refractivity contribution is 5.51. The molecule has 1 aromatic carbocycles. The smallest absolute Gasteiger partial charge is 0.0860 e. The third-order valence-corrected chi connectivity index (χ3v) is 2.09. The van der Waals surface area contributed by atoms with Crippen molar-refractivity contribution in [1.82, 2.24) is 15.0 Å². The van der Waals surface area contributed by atoms with E-state index in [1.54, 1.807) is 11.0 Å². The van der Waals surface area contributed by atoms with Crippen LogP contribution >= 0.6 is 0 Å². The largest absolute Gasteiger partial charge is 0.399 e. The van der Waals surface area contributed by atoms with E-state index in [0.29, 0.717) is 0 Å². The number of nitrogens with zero attached hydrogens (tertiary/aromatic N) is 3. The van der Waals surface area contributed by atoms with Gasteiger partial charge in [-0.25, -0.2) is 0 Å². The van der Waals surface area contributed by atoms with Gasteiger partial charge in [-0.2, -0.15) is 15.0 Å². The van der Waals surface area contributed by atoms with E-state index in [2.05, 4.69) is 10.2 Å². The molecular weight excluding hydrogens is 176 g/mol. The minimum atomic E-state index is 0.789. The summed E-state index contributed by atoms with van der Waals surface area (Å²) in [6, 6.07) is 5.74. The number of anilines is 1. The molecule has 1 aromatic heterocycles. The second-order valence-electron chi connectivity index (χ2n) is 3.32. The van der Waals surface area contributed by atoms with Crippen molar-refractivity contribution in [3.05, 3.63) is 35.7 Å². The Morgan fingerprint density at radius 2 is 2.07 bits per heavy atom. The fourth-order valence-electron chi connectivity index (χ4n) is 1.25. The van der Waals surface area contributed by atoms with Crippen LogP contribution in [0.5, 0.6) is 0 Å². The number of rotatable bonds is 1. The first kappa shape index (κ1) is 8.74. The maximum Gasteiger partial charge on any atom is 0.0860 e. The number of aryl methyl sites for hydroxylation is 2. The molecule has 2 aromatic rings. The van der Waals surface area contributed by atoms with Gasteiger partial charge in [0.15, 0.2) is 0 Å². The van der Waals surface area contributed by atoms with E-state index < -0.39 is 0 Å². The van der Waals surface area contributed by atoms with Crippen molar-refractivity contribution in [2.45, 2.75) is 13.8 Å². The minimum absolute atomic E-state index is 0.789. The Hall–Kier alpha value is -1.84. The predicted molar refractivity (Wildman–Crippen MR) is 55.2 cm³/mol. The van der Waals surface area contributed by atoms with Crippen LogP contribution in [0, 0.1) is 13.8 Å². The van der Waals surface area contributed by atoms with Crippen LogP contribution in [0.1, 0.15) is 11.3 Å². The van der Waals surface area contributed by atoms with Crippen molar-refractivity contribution in [2.24, 2.45) is 0 Å². The molecule has 0 fully saturated rings. The predicted octanol–water partition coefficient (Wildman–Crippen LogP) is 1.47. The van der Waals surface area contributed by atoms with Crippen LogP contribution in [-0.2, 0) is 0 Å². The van der Waals surface area contributed by atoms with Crippen LogP contribution in [0.4, 0.5) is 5.69 Å². The first-order chi connectivity index (χ1) is 6.66. The molecule has 0 saturated carbocycles. The van der Waals surface area contributed by atoms with Crippen molar-refractivity contribution in [3.63, 3.8) is 0 Å². The Morgan fingerprint density at radius 1 is 1.29 bits per heavy atom. The number of hydrogen-bond donors (Lipinski definition) is 1. The van der Waals surface area contributed by atoms with Gasteiger partial charge in [0.2, 0.25) is 0 Å². The van der Waals surface area contributed by atoms with Crippen LogP contribution in [0.15, 0.2) is 24.4 Å². The number of hydrogen-bond acceptors (Lipinski definition) is 3. The topological polar surface area (TPSA) is 56.7 Å². The van der Waals surface area contributed by atoms with Crippen LogP contribution in [0.3, 0.4) is 0 Å². The summed E-state index contributed by atoms with van der Waals surface area (Å²) in [6.07, 6.45) is 1.73. The highest BCUT2D eigenvalue weighted by atomic mass is 15.5. The molecule has 2 rings (SSSR count). The maximum atomic E-state index is 5.72. The fraction of sp³-hybridized carbons (Fsp3) is 0.200. The quantitative estimate of drug-likeness (QED) is 0.689. The van der Waals surface area contributed by atoms with Gasteiger partial charge in [-0.15, -0.1) is 0 Å². The van der Waals surface area contributed by atoms with Crippen molar-refractivity contribution in [2.75, 3.05) is 5.73 Å². The van der Waals surface area contributed by atoms with Crippen LogP contribution < -0.4 is 5.73 Å². The first-order valence-electron chi connectivity index (χ1n) is 4.42. The molecular formula is C10H12N4.